The van der Waals surface area contributed by atoms with Gasteiger partial charge in [-0.15, -0.1) is 0 Å². The molecule has 3 N–H and O–H groups in total. The SMILES string of the molecule is CC(N)c1ccc(NC2CCOCC2)cc1. The van der Waals surface area contributed by atoms with Crippen molar-refractivity contribution in [3.63, 3.8) is 0 Å². The Morgan fingerprint density at radius 3 is 2.44 bits per heavy atom. The molecule has 16 heavy (non-hydrogen) atoms. The van der Waals surface area contributed by atoms with E-state index < -0.39 is 0 Å². The molecule has 1 heterocycles. The average Bonchev–Trinajstić information content (AvgIpc) is 2.31. The fraction of sp³-hybridized carbons (Fsp3) is 0.538. The molecule has 3 heteroatoms. The Hall–Kier alpha value is -1.06. The van der Waals surface area contributed by atoms with Crippen LogP contribution in [0.4, 0.5) is 5.69 Å². The zero-order valence-electron chi connectivity index (χ0n) is 9.78. The molecule has 0 bridgehead atoms. The van der Waals surface area contributed by atoms with Gasteiger partial charge in [-0.1, -0.05) is 12.1 Å². The van der Waals surface area contributed by atoms with Crippen LogP contribution >= 0.6 is 0 Å². The van der Waals surface area contributed by atoms with E-state index in [0.717, 1.165) is 26.1 Å². The standard InChI is InChI=1S/C13H20N2O/c1-10(14)11-2-4-12(5-3-11)15-13-6-8-16-9-7-13/h2-5,10,13,15H,6-9,14H2,1H3. The van der Waals surface area contributed by atoms with Gasteiger partial charge >= 0.3 is 0 Å². The third-order valence-electron chi connectivity index (χ3n) is 3.03. The van der Waals surface area contributed by atoms with Crippen LogP contribution in [-0.4, -0.2) is 19.3 Å². The van der Waals surface area contributed by atoms with Crippen molar-refractivity contribution in [2.45, 2.75) is 31.8 Å². The van der Waals surface area contributed by atoms with Crippen LogP contribution < -0.4 is 11.1 Å². The van der Waals surface area contributed by atoms with Gasteiger partial charge in [0.25, 0.3) is 0 Å². The average molecular weight is 220 g/mol. The molecule has 3 nitrogen and oxygen atoms in total. The first-order valence-electron chi connectivity index (χ1n) is 5.95. The van der Waals surface area contributed by atoms with E-state index in [9.17, 15) is 0 Å². The fourth-order valence-corrected chi connectivity index (χ4v) is 1.96. The van der Waals surface area contributed by atoms with Crippen LogP contribution in [0.3, 0.4) is 0 Å². The molecule has 1 aliphatic heterocycles. The van der Waals surface area contributed by atoms with Crippen molar-refractivity contribution in [1.82, 2.24) is 0 Å². The number of nitrogens with one attached hydrogen (secondary N) is 1. The van der Waals surface area contributed by atoms with Crippen molar-refractivity contribution >= 4 is 5.69 Å². The van der Waals surface area contributed by atoms with Gasteiger partial charge in [-0.25, -0.2) is 0 Å². The molecular formula is C13H20N2O. The molecule has 1 aliphatic rings. The Kier molecular flexibility index (Phi) is 3.80. The number of nitrogens with two attached hydrogens (primary N) is 1. The number of rotatable bonds is 3. The van der Waals surface area contributed by atoms with Crippen molar-refractivity contribution in [3.05, 3.63) is 29.8 Å². The van der Waals surface area contributed by atoms with Crippen molar-refractivity contribution in [3.8, 4) is 0 Å². The fourth-order valence-electron chi connectivity index (χ4n) is 1.96. The molecule has 0 amide bonds. The quantitative estimate of drug-likeness (QED) is 0.821. The third kappa shape index (κ3) is 2.97. The van der Waals surface area contributed by atoms with Gasteiger partial charge in [0.2, 0.25) is 0 Å². The van der Waals surface area contributed by atoms with Crippen LogP contribution in [0.1, 0.15) is 31.4 Å². The lowest BCUT2D eigenvalue weighted by Gasteiger charge is -2.24. The zero-order valence-corrected chi connectivity index (χ0v) is 9.78. The topological polar surface area (TPSA) is 47.3 Å². The summed E-state index contributed by atoms with van der Waals surface area (Å²) in [7, 11) is 0. The highest BCUT2D eigenvalue weighted by atomic mass is 16.5. The van der Waals surface area contributed by atoms with Crippen molar-refractivity contribution in [1.29, 1.82) is 0 Å². The molecular weight excluding hydrogens is 200 g/mol. The lowest BCUT2D eigenvalue weighted by atomic mass is 10.1. The summed E-state index contributed by atoms with van der Waals surface area (Å²) in [5, 5.41) is 3.53. The lowest BCUT2D eigenvalue weighted by molar-refractivity contribution is 0.0904. The molecule has 1 fully saturated rings. The Balaban J connectivity index is 1.93. The number of hydrogen-bond donors (Lipinski definition) is 2. The Morgan fingerprint density at radius 1 is 1.25 bits per heavy atom. The molecule has 1 unspecified atom stereocenters. The van der Waals surface area contributed by atoms with Gasteiger partial charge in [0.1, 0.15) is 0 Å². The minimum Gasteiger partial charge on any atom is -0.382 e. The Bertz CT molecular complexity index is 315. The predicted octanol–water partition coefficient (Wildman–Crippen LogP) is 2.30. The normalized spacial score (nSPS) is 19.4. The van der Waals surface area contributed by atoms with E-state index >= 15 is 0 Å². The third-order valence-corrected chi connectivity index (χ3v) is 3.03. The highest BCUT2D eigenvalue weighted by Crippen LogP contribution is 2.17. The summed E-state index contributed by atoms with van der Waals surface area (Å²) in [6.07, 6.45) is 2.18. The lowest BCUT2D eigenvalue weighted by Crippen LogP contribution is -2.27. The summed E-state index contributed by atoms with van der Waals surface area (Å²) in [6, 6.07) is 9.05. The van der Waals surface area contributed by atoms with Crippen molar-refractivity contribution in [2.75, 3.05) is 18.5 Å². The Morgan fingerprint density at radius 2 is 1.88 bits per heavy atom. The number of benzene rings is 1. The molecule has 2 rings (SSSR count). The van der Waals surface area contributed by atoms with Crippen molar-refractivity contribution in [2.24, 2.45) is 5.73 Å². The second-order valence-corrected chi connectivity index (χ2v) is 4.44. The second-order valence-electron chi connectivity index (χ2n) is 4.44. The summed E-state index contributed by atoms with van der Waals surface area (Å²) in [6.45, 7) is 3.74. The first kappa shape index (κ1) is 11.4. The van der Waals surface area contributed by atoms with E-state index in [2.05, 4.69) is 29.6 Å². The molecule has 1 saturated heterocycles. The second kappa shape index (κ2) is 5.32. The van der Waals surface area contributed by atoms with Crippen LogP contribution in [0.15, 0.2) is 24.3 Å². The van der Waals surface area contributed by atoms with Crippen LogP contribution in [0.2, 0.25) is 0 Å². The van der Waals surface area contributed by atoms with E-state index in [4.69, 9.17) is 10.5 Å². The molecule has 0 radical (unpaired) electrons. The van der Waals surface area contributed by atoms with Gasteiger partial charge in [-0.05, 0) is 37.5 Å². The van der Waals surface area contributed by atoms with Crippen LogP contribution in [0.5, 0.6) is 0 Å². The maximum Gasteiger partial charge on any atom is 0.0485 e. The van der Waals surface area contributed by atoms with Crippen LogP contribution in [0.25, 0.3) is 0 Å². The summed E-state index contributed by atoms with van der Waals surface area (Å²) in [5.41, 5.74) is 8.17. The molecule has 0 saturated carbocycles. The monoisotopic (exact) mass is 220 g/mol. The minimum absolute atomic E-state index is 0.108. The molecule has 1 atom stereocenters. The minimum atomic E-state index is 0.108. The van der Waals surface area contributed by atoms with Crippen molar-refractivity contribution < 1.29 is 4.74 Å². The highest BCUT2D eigenvalue weighted by Gasteiger charge is 2.12. The van der Waals surface area contributed by atoms with Gasteiger partial charge in [0.15, 0.2) is 0 Å². The summed E-state index contributed by atoms with van der Waals surface area (Å²) >= 11 is 0. The van der Waals surface area contributed by atoms with Gasteiger partial charge in [0.05, 0.1) is 0 Å². The van der Waals surface area contributed by atoms with Crippen LogP contribution in [-0.2, 0) is 4.74 Å². The highest BCUT2D eigenvalue weighted by molar-refractivity contribution is 5.45. The maximum atomic E-state index is 5.81. The smallest absolute Gasteiger partial charge is 0.0485 e. The van der Waals surface area contributed by atoms with Gasteiger partial charge in [-0.3, -0.25) is 0 Å². The number of hydrogen-bond acceptors (Lipinski definition) is 3. The van der Waals surface area contributed by atoms with E-state index in [1.807, 2.05) is 6.92 Å². The first-order chi connectivity index (χ1) is 7.75. The molecule has 0 aromatic heterocycles. The summed E-state index contributed by atoms with van der Waals surface area (Å²) in [5.74, 6) is 0. The van der Waals surface area contributed by atoms with E-state index in [1.54, 1.807) is 0 Å². The largest absolute Gasteiger partial charge is 0.382 e. The molecule has 0 aliphatic carbocycles. The summed E-state index contributed by atoms with van der Waals surface area (Å²) < 4.78 is 5.33. The van der Waals surface area contributed by atoms with E-state index in [0.29, 0.717) is 6.04 Å². The van der Waals surface area contributed by atoms with Crippen LogP contribution in [0, 0.1) is 0 Å². The summed E-state index contributed by atoms with van der Waals surface area (Å²) in [4.78, 5) is 0. The zero-order chi connectivity index (χ0) is 11.4. The van der Waals surface area contributed by atoms with Gasteiger partial charge in [-0.2, -0.15) is 0 Å². The molecule has 1 aromatic carbocycles. The molecule has 0 spiro atoms. The Labute approximate surface area is 97.0 Å². The molecule has 88 valence electrons. The van der Waals surface area contributed by atoms with E-state index in [-0.39, 0.29) is 6.04 Å². The maximum absolute atomic E-state index is 5.81. The number of anilines is 1. The first-order valence-corrected chi connectivity index (χ1v) is 5.95. The number of ether oxygens (including phenoxy) is 1. The molecule has 1 aromatic rings. The van der Waals surface area contributed by atoms with Gasteiger partial charge in [0, 0.05) is 31.0 Å². The van der Waals surface area contributed by atoms with E-state index in [1.165, 1.54) is 11.3 Å². The van der Waals surface area contributed by atoms with Gasteiger partial charge < -0.3 is 15.8 Å². The predicted molar refractivity (Wildman–Crippen MR) is 66.5 cm³/mol.